The normalized spacial score (nSPS) is 11.9. The summed E-state index contributed by atoms with van der Waals surface area (Å²) in [6.45, 7) is 5.63. The average molecular weight is 379 g/mol. The van der Waals surface area contributed by atoms with Crippen LogP contribution < -0.4 is 10.6 Å². The van der Waals surface area contributed by atoms with E-state index in [9.17, 15) is 9.59 Å². The van der Waals surface area contributed by atoms with Crippen molar-refractivity contribution in [3.05, 3.63) is 63.6 Å². The van der Waals surface area contributed by atoms with Crippen LogP contribution in [0.3, 0.4) is 0 Å². The number of anilines is 1. The molecule has 4 nitrogen and oxygen atoms in total. The zero-order valence-electron chi connectivity index (χ0n) is 14.3. The van der Waals surface area contributed by atoms with Crippen LogP contribution >= 0.6 is 23.2 Å². The molecule has 1 unspecified atom stereocenters. The smallest absolute Gasteiger partial charge is 0.251 e. The van der Waals surface area contributed by atoms with E-state index in [0.29, 0.717) is 21.3 Å². The van der Waals surface area contributed by atoms with E-state index in [0.717, 1.165) is 5.56 Å². The summed E-state index contributed by atoms with van der Waals surface area (Å²) in [4.78, 5) is 25.1. The number of carbonyl (C=O) groups excluding carboxylic acids is 2. The molecule has 25 heavy (non-hydrogen) atoms. The first-order valence-corrected chi connectivity index (χ1v) is 8.67. The summed E-state index contributed by atoms with van der Waals surface area (Å²) in [5.41, 5.74) is 1.90. The summed E-state index contributed by atoms with van der Waals surface area (Å²) < 4.78 is 0. The predicted octanol–water partition coefficient (Wildman–Crippen LogP) is 4.69. The van der Waals surface area contributed by atoms with Gasteiger partial charge in [0, 0.05) is 10.6 Å². The van der Waals surface area contributed by atoms with E-state index in [4.69, 9.17) is 23.2 Å². The van der Waals surface area contributed by atoms with Crippen molar-refractivity contribution in [1.82, 2.24) is 5.32 Å². The first-order valence-electron chi connectivity index (χ1n) is 7.91. The average Bonchev–Trinajstić information content (AvgIpc) is 2.55. The van der Waals surface area contributed by atoms with Crippen LogP contribution in [0.1, 0.15) is 29.8 Å². The van der Waals surface area contributed by atoms with Gasteiger partial charge in [0.1, 0.15) is 6.04 Å². The fraction of sp³-hybridized carbons (Fsp3) is 0.263. The van der Waals surface area contributed by atoms with E-state index in [1.165, 1.54) is 0 Å². The predicted molar refractivity (Wildman–Crippen MR) is 102 cm³/mol. The van der Waals surface area contributed by atoms with E-state index in [-0.39, 0.29) is 17.7 Å². The highest BCUT2D eigenvalue weighted by molar-refractivity contribution is 6.35. The molecule has 132 valence electrons. The van der Waals surface area contributed by atoms with Crippen molar-refractivity contribution in [3.8, 4) is 0 Å². The van der Waals surface area contributed by atoms with Gasteiger partial charge in [0.2, 0.25) is 5.91 Å². The van der Waals surface area contributed by atoms with Crippen molar-refractivity contribution < 1.29 is 9.59 Å². The highest BCUT2D eigenvalue weighted by atomic mass is 35.5. The number of hydrogen-bond donors (Lipinski definition) is 2. The number of amides is 2. The van der Waals surface area contributed by atoms with Gasteiger partial charge in [0.05, 0.1) is 10.7 Å². The lowest BCUT2D eigenvalue weighted by Crippen LogP contribution is -2.47. The molecule has 6 heteroatoms. The van der Waals surface area contributed by atoms with E-state index < -0.39 is 6.04 Å². The third-order valence-electron chi connectivity index (χ3n) is 3.70. The molecule has 0 aromatic heterocycles. The molecule has 2 rings (SSSR count). The number of nitrogens with one attached hydrogen (secondary N) is 2. The maximum absolute atomic E-state index is 12.6. The summed E-state index contributed by atoms with van der Waals surface area (Å²) in [5.74, 6) is -0.748. The Balaban J connectivity index is 2.15. The highest BCUT2D eigenvalue weighted by Gasteiger charge is 2.25. The van der Waals surface area contributed by atoms with E-state index in [1.807, 2.05) is 26.8 Å². The Labute approximate surface area is 157 Å². The van der Waals surface area contributed by atoms with Crippen molar-refractivity contribution in [2.75, 3.05) is 5.32 Å². The maximum atomic E-state index is 12.6. The largest absolute Gasteiger partial charge is 0.340 e. The van der Waals surface area contributed by atoms with Gasteiger partial charge in [-0.25, -0.2) is 0 Å². The van der Waals surface area contributed by atoms with Crippen LogP contribution in [-0.2, 0) is 4.79 Å². The number of benzene rings is 2. The third-order valence-corrected chi connectivity index (χ3v) is 4.27. The van der Waals surface area contributed by atoms with E-state index in [2.05, 4.69) is 10.6 Å². The summed E-state index contributed by atoms with van der Waals surface area (Å²) in [6, 6.07) is 11.3. The SMILES string of the molecule is Cc1cccc(C(=O)NC(C(=O)Nc2cc(Cl)ccc2Cl)C(C)C)c1. The monoisotopic (exact) mass is 378 g/mol. The summed E-state index contributed by atoms with van der Waals surface area (Å²) in [5, 5.41) is 6.36. The second-order valence-electron chi connectivity index (χ2n) is 6.18. The van der Waals surface area contributed by atoms with Gasteiger partial charge in [-0.2, -0.15) is 0 Å². The molecule has 0 aliphatic heterocycles. The summed E-state index contributed by atoms with van der Waals surface area (Å²) in [6.07, 6.45) is 0. The molecule has 2 N–H and O–H groups in total. The van der Waals surface area contributed by atoms with Gasteiger partial charge in [-0.3, -0.25) is 9.59 Å². The molecule has 2 aromatic rings. The molecule has 0 bridgehead atoms. The first kappa shape index (κ1) is 19.3. The summed E-state index contributed by atoms with van der Waals surface area (Å²) in [7, 11) is 0. The number of halogens is 2. The van der Waals surface area contributed by atoms with Crippen LogP contribution in [0.2, 0.25) is 10.0 Å². The molecule has 0 saturated carbocycles. The zero-order chi connectivity index (χ0) is 18.6. The number of hydrogen-bond acceptors (Lipinski definition) is 2. The molecule has 0 aliphatic rings. The summed E-state index contributed by atoms with van der Waals surface area (Å²) >= 11 is 12.0. The Morgan fingerprint density at radius 2 is 1.76 bits per heavy atom. The molecular weight excluding hydrogens is 359 g/mol. The van der Waals surface area contributed by atoms with Crippen LogP contribution in [0.4, 0.5) is 5.69 Å². The van der Waals surface area contributed by atoms with Crippen LogP contribution in [0, 0.1) is 12.8 Å². The third kappa shape index (κ3) is 5.21. The molecule has 1 atom stereocenters. The standard InChI is InChI=1S/C19H20Cl2N2O2/c1-11(2)17(23-18(24)13-6-4-5-12(3)9-13)19(25)22-16-10-14(20)7-8-15(16)21/h4-11,17H,1-3H3,(H,22,25)(H,23,24). The van der Waals surface area contributed by atoms with Gasteiger partial charge in [-0.1, -0.05) is 54.7 Å². The Hall–Kier alpha value is -2.04. The lowest BCUT2D eigenvalue weighted by molar-refractivity contribution is -0.118. The fourth-order valence-electron chi connectivity index (χ4n) is 2.35. The quantitative estimate of drug-likeness (QED) is 0.792. The van der Waals surface area contributed by atoms with Gasteiger partial charge in [0.25, 0.3) is 5.91 Å². The zero-order valence-corrected chi connectivity index (χ0v) is 15.8. The highest BCUT2D eigenvalue weighted by Crippen LogP contribution is 2.25. The minimum atomic E-state index is -0.705. The molecule has 0 saturated heterocycles. The Bertz CT molecular complexity index is 791. The molecule has 0 radical (unpaired) electrons. The van der Waals surface area contributed by atoms with Crippen molar-refractivity contribution in [3.63, 3.8) is 0 Å². The lowest BCUT2D eigenvalue weighted by atomic mass is 10.0. The topological polar surface area (TPSA) is 58.2 Å². The van der Waals surface area contributed by atoms with Gasteiger partial charge < -0.3 is 10.6 Å². The van der Waals surface area contributed by atoms with Crippen molar-refractivity contribution in [2.45, 2.75) is 26.8 Å². The van der Waals surface area contributed by atoms with Crippen molar-refractivity contribution >= 4 is 40.7 Å². The molecular formula is C19H20Cl2N2O2. The Morgan fingerprint density at radius 3 is 2.40 bits per heavy atom. The Morgan fingerprint density at radius 1 is 1.04 bits per heavy atom. The van der Waals surface area contributed by atoms with Gasteiger partial charge in [0.15, 0.2) is 0 Å². The molecule has 0 heterocycles. The minimum absolute atomic E-state index is 0.105. The van der Waals surface area contributed by atoms with Gasteiger partial charge in [-0.05, 0) is 43.2 Å². The second-order valence-corrected chi connectivity index (χ2v) is 7.02. The molecule has 2 aromatic carbocycles. The lowest BCUT2D eigenvalue weighted by Gasteiger charge is -2.22. The van der Waals surface area contributed by atoms with Crippen LogP contribution in [0.15, 0.2) is 42.5 Å². The van der Waals surface area contributed by atoms with Crippen LogP contribution in [0.25, 0.3) is 0 Å². The van der Waals surface area contributed by atoms with Gasteiger partial charge in [-0.15, -0.1) is 0 Å². The van der Waals surface area contributed by atoms with Crippen LogP contribution in [-0.4, -0.2) is 17.9 Å². The number of aryl methyl sites for hydroxylation is 1. The molecule has 0 fully saturated rings. The maximum Gasteiger partial charge on any atom is 0.251 e. The molecule has 0 spiro atoms. The minimum Gasteiger partial charge on any atom is -0.340 e. The molecule has 2 amide bonds. The Kier molecular flexibility index (Phi) is 6.45. The van der Waals surface area contributed by atoms with Crippen molar-refractivity contribution in [2.24, 2.45) is 5.92 Å². The number of carbonyl (C=O) groups is 2. The first-order chi connectivity index (χ1) is 11.8. The van der Waals surface area contributed by atoms with Crippen LogP contribution in [0.5, 0.6) is 0 Å². The fourth-order valence-corrected chi connectivity index (χ4v) is 2.69. The second kappa shape index (κ2) is 8.37. The van der Waals surface area contributed by atoms with E-state index >= 15 is 0 Å². The van der Waals surface area contributed by atoms with Crippen molar-refractivity contribution in [1.29, 1.82) is 0 Å². The number of rotatable bonds is 5. The molecule has 0 aliphatic carbocycles. The van der Waals surface area contributed by atoms with E-state index in [1.54, 1.807) is 36.4 Å². The van der Waals surface area contributed by atoms with Gasteiger partial charge >= 0.3 is 0 Å².